The summed E-state index contributed by atoms with van der Waals surface area (Å²) in [7, 11) is 0. The summed E-state index contributed by atoms with van der Waals surface area (Å²) < 4.78 is 0.826. The third-order valence-electron chi connectivity index (χ3n) is 2.83. The molecular weight excluding hydrogens is 326 g/mol. The van der Waals surface area contributed by atoms with E-state index in [-0.39, 0.29) is 5.91 Å². The maximum atomic E-state index is 12.1. The van der Waals surface area contributed by atoms with E-state index in [2.05, 4.69) is 21.2 Å². The average molecular weight is 339 g/mol. The first kappa shape index (κ1) is 14.1. The minimum atomic E-state index is -0.115. The molecule has 4 heteroatoms. The second-order valence-electron chi connectivity index (χ2n) is 4.21. The number of benzene rings is 2. The highest BCUT2D eigenvalue weighted by Crippen LogP contribution is 2.21. The monoisotopic (exact) mass is 337 g/mol. The molecule has 0 spiro atoms. The van der Waals surface area contributed by atoms with E-state index in [1.807, 2.05) is 43.3 Å². The summed E-state index contributed by atoms with van der Waals surface area (Å²) in [6.07, 6.45) is 0. The number of halogens is 2. The molecule has 98 valence electrons. The quantitative estimate of drug-likeness (QED) is 0.886. The van der Waals surface area contributed by atoms with Gasteiger partial charge in [0.15, 0.2) is 0 Å². The van der Waals surface area contributed by atoms with E-state index in [0.29, 0.717) is 17.1 Å². The Morgan fingerprint density at radius 2 is 1.95 bits per heavy atom. The van der Waals surface area contributed by atoms with Crippen LogP contribution in [0.2, 0.25) is 5.02 Å². The molecule has 0 radical (unpaired) electrons. The van der Waals surface area contributed by atoms with Crippen LogP contribution in [0, 0.1) is 6.92 Å². The Kier molecular flexibility index (Phi) is 4.61. The molecule has 0 aliphatic heterocycles. The Hall–Kier alpha value is -1.32. The highest BCUT2D eigenvalue weighted by atomic mass is 79.9. The Morgan fingerprint density at radius 1 is 1.21 bits per heavy atom. The van der Waals surface area contributed by atoms with Crippen LogP contribution in [0.1, 0.15) is 21.5 Å². The first-order valence-electron chi connectivity index (χ1n) is 5.86. The molecule has 1 N–H and O–H groups in total. The van der Waals surface area contributed by atoms with Crippen molar-refractivity contribution in [2.45, 2.75) is 13.5 Å². The van der Waals surface area contributed by atoms with Crippen LogP contribution in [-0.4, -0.2) is 5.91 Å². The lowest BCUT2D eigenvalue weighted by Crippen LogP contribution is -2.23. The third kappa shape index (κ3) is 3.37. The zero-order valence-corrected chi connectivity index (χ0v) is 12.8. The highest BCUT2D eigenvalue weighted by molar-refractivity contribution is 9.10. The van der Waals surface area contributed by atoms with Crippen molar-refractivity contribution in [3.63, 3.8) is 0 Å². The summed E-state index contributed by atoms with van der Waals surface area (Å²) in [5.74, 6) is -0.115. The van der Waals surface area contributed by atoms with Crippen molar-refractivity contribution >= 4 is 33.4 Å². The van der Waals surface area contributed by atoms with Crippen LogP contribution in [0.25, 0.3) is 0 Å². The molecule has 2 nitrogen and oxygen atoms in total. The zero-order chi connectivity index (χ0) is 13.8. The van der Waals surface area contributed by atoms with Crippen LogP contribution in [0.5, 0.6) is 0 Å². The van der Waals surface area contributed by atoms with Crippen LogP contribution >= 0.6 is 27.5 Å². The topological polar surface area (TPSA) is 29.1 Å². The molecule has 2 aromatic carbocycles. The van der Waals surface area contributed by atoms with Crippen LogP contribution in [0.4, 0.5) is 0 Å². The average Bonchev–Trinajstić information content (AvgIpc) is 2.40. The van der Waals surface area contributed by atoms with E-state index in [1.165, 1.54) is 0 Å². The molecule has 19 heavy (non-hydrogen) atoms. The second kappa shape index (κ2) is 6.22. The number of carbonyl (C=O) groups excluding carboxylic acids is 1. The van der Waals surface area contributed by atoms with Crippen LogP contribution in [-0.2, 0) is 6.54 Å². The third-order valence-corrected chi connectivity index (χ3v) is 4.25. The zero-order valence-electron chi connectivity index (χ0n) is 10.4. The number of rotatable bonds is 3. The molecule has 0 saturated heterocycles. The summed E-state index contributed by atoms with van der Waals surface area (Å²) in [4.78, 5) is 12.1. The van der Waals surface area contributed by atoms with Gasteiger partial charge in [-0.25, -0.2) is 0 Å². The molecule has 0 aromatic heterocycles. The van der Waals surface area contributed by atoms with Crippen molar-refractivity contribution in [3.8, 4) is 0 Å². The fourth-order valence-electron chi connectivity index (χ4n) is 1.74. The Bertz CT molecular complexity index is 613. The van der Waals surface area contributed by atoms with Gasteiger partial charge in [0.05, 0.1) is 5.56 Å². The number of carbonyl (C=O) groups is 1. The van der Waals surface area contributed by atoms with E-state index in [9.17, 15) is 4.79 Å². The van der Waals surface area contributed by atoms with Gasteiger partial charge < -0.3 is 5.32 Å². The molecule has 0 atom stereocenters. The summed E-state index contributed by atoms with van der Waals surface area (Å²) in [5, 5.41) is 3.53. The van der Waals surface area contributed by atoms with E-state index in [1.54, 1.807) is 6.07 Å². The molecule has 0 unspecified atom stereocenters. The Labute approximate surface area is 125 Å². The van der Waals surface area contributed by atoms with Gasteiger partial charge in [0, 0.05) is 16.0 Å². The Morgan fingerprint density at radius 3 is 2.68 bits per heavy atom. The minimum Gasteiger partial charge on any atom is -0.348 e. The van der Waals surface area contributed by atoms with E-state index < -0.39 is 0 Å². The van der Waals surface area contributed by atoms with E-state index >= 15 is 0 Å². The van der Waals surface area contributed by atoms with Gasteiger partial charge in [0.2, 0.25) is 0 Å². The first-order valence-corrected chi connectivity index (χ1v) is 7.03. The fraction of sp³-hybridized carbons (Fsp3) is 0.133. The van der Waals surface area contributed by atoms with Crippen molar-refractivity contribution in [1.82, 2.24) is 5.32 Å². The van der Waals surface area contributed by atoms with Crippen LogP contribution in [0.3, 0.4) is 0 Å². The maximum absolute atomic E-state index is 12.1. The molecule has 2 aromatic rings. The lowest BCUT2D eigenvalue weighted by Gasteiger charge is -2.09. The lowest BCUT2D eigenvalue weighted by atomic mass is 10.1. The van der Waals surface area contributed by atoms with Crippen LogP contribution < -0.4 is 5.32 Å². The summed E-state index contributed by atoms with van der Waals surface area (Å²) in [6.45, 7) is 2.37. The van der Waals surface area contributed by atoms with Crippen molar-refractivity contribution in [2.75, 3.05) is 0 Å². The number of hydrogen-bond acceptors (Lipinski definition) is 1. The number of amides is 1. The van der Waals surface area contributed by atoms with Crippen molar-refractivity contribution in [3.05, 3.63) is 68.7 Å². The fourth-order valence-corrected chi connectivity index (χ4v) is 2.38. The Balaban J connectivity index is 2.10. The summed E-state index contributed by atoms with van der Waals surface area (Å²) >= 11 is 9.48. The van der Waals surface area contributed by atoms with Gasteiger partial charge in [0.25, 0.3) is 5.91 Å². The van der Waals surface area contributed by atoms with Crippen molar-refractivity contribution < 1.29 is 4.79 Å². The predicted octanol–water partition coefficient (Wildman–Crippen LogP) is 4.34. The highest BCUT2D eigenvalue weighted by Gasteiger charge is 2.11. The molecule has 0 saturated carbocycles. The summed E-state index contributed by atoms with van der Waals surface area (Å²) in [6, 6.07) is 13.1. The minimum absolute atomic E-state index is 0.115. The lowest BCUT2D eigenvalue weighted by molar-refractivity contribution is 0.0950. The number of nitrogens with one attached hydrogen (secondary N) is 1. The molecule has 0 bridgehead atoms. The van der Waals surface area contributed by atoms with Crippen molar-refractivity contribution in [2.24, 2.45) is 0 Å². The smallest absolute Gasteiger partial charge is 0.252 e. The number of aryl methyl sites for hydroxylation is 1. The van der Waals surface area contributed by atoms with Gasteiger partial charge in [-0.2, -0.15) is 0 Å². The van der Waals surface area contributed by atoms with Crippen LogP contribution in [0.15, 0.2) is 46.9 Å². The summed E-state index contributed by atoms with van der Waals surface area (Å²) in [5.41, 5.74) is 2.57. The molecular formula is C15H13BrClNO. The van der Waals surface area contributed by atoms with Gasteiger partial charge in [0.1, 0.15) is 0 Å². The molecule has 0 aliphatic rings. The van der Waals surface area contributed by atoms with Gasteiger partial charge >= 0.3 is 0 Å². The molecule has 0 aliphatic carbocycles. The largest absolute Gasteiger partial charge is 0.348 e. The predicted molar refractivity (Wildman–Crippen MR) is 81.5 cm³/mol. The number of hydrogen-bond donors (Lipinski definition) is 1. The van der Waals surface area contributed by atoms with Crippen molar-refractivity contribution in [1.29, 1.82) is 0 Å². The SMILES string of the molecule is Cc1cccc(C(=O)NCc2ccccc2Cl)c1Br. The second-order valence-corrected chi connectivity index (χ2v) is 5.41. The molecule has 1 amide bonds. The normalized spacial score (nSPS) is 10.3. The van der Waals surface area contributed by atoms with Gasteiger partial charge in [-0.05, 0) is 46.1 Å². The van der Waals surface area contributed by atoms with E-state index in [4.69, 9.17) is 11.6 Å². The molecule has 2 rings (SSSR count). The molecule has 0 heterocycles. The van der Waals surface area contributed by atoms with Gasteiger partial charge in [-0.15, -0.1) is 0 Å². The van der Waals surface area contributed by atoms with Gasteiger partial charge in [-0.1, -0.05) is 41.9 Å². The van der Waals surface area contributed by atoms with E-state index in [0.717, 1.165) is 15.6 Å². The maximum Gasteiger partial charge on any atom is 0.252 e. The van der Waals surface area contributed by atoms with Gasteiger partial charge in [-0.3, -0.25) is 4.79 Å². The standard InChI is InChI=1S/C15H13BrClNO/c1-10-5-4-7-12(14(10)16)15(19)18-9-11-6-2-3-8-13(11)17/h2-8H,9H2,1H3,(H,18,19). The first-order chi connectivity index (χ1) is 9.09. The molecule has 0 fully saturated rings.